The number of halogens is 1. The lowest BCUT2D eigenvalue weighted by Gasteiger charge is -2.23. The van der Waals surface area contributed by atoms with Crippen molar-refractivity contribution >= 4 is 18.3 Å². The molecule has 6 nitrogen and oxygen atoms in total. The van der Waals surface area contributed by atoms with Crippen molar-refractivity contribution in [1.82, 2.24) is 15.5 Å². The van der Waals surface area contributed by atoms with Crippen LogP contribution in [0.4, 0.5) is 0 Å². The number of amides is 1. The van der Waals surface area contributed by atoms with E-state index in [1.54, 1.807) is 12.4 Å². The lowest BCUT2D eigenvalue weighted by molar-refractivity contribution is -0.126. The molecular formula is C17H19ClN4O2. The zero-order valence-electron chi connectivity index (χ0n) is 13.0. The highest BCUT2D eigenvalue weighted by molar-refractivity contribution is 5.85. The zero-order chi connectivity index (χ0) is 15.8. The molecule has 0 unspecified atom stereocenters. The molecule has 2 bridgehead atoms. The summed E-state index contributed by atoms with van der Waals surface area (Å²) in [6.07, 6.45) is 8.67. The summed E-state index contributed by atoms with van der Waals surface area (Å²) in [7, 11) is 0. The summed E-state index contributed by atoms with van der Waals surface area (Å²) in [6, 6.07) is 5.49. The number of carbonyl (C=O) groups is 1. The Morgan fingerprint density at radius 3 is 2.92 bits per heavy atom. The second-order valence-corrected chi connectivity index (χ2v) is 6.19. The SMILES string of the molecule is Cl.N[C@@H]1[C@H](C(=O)NCc2cc(-c3cccnc3)no2)[C@@H]2C=C[C@H]1C2. The number of nitrogens with one attached hydrogen (secondary N) is 1. The number of nitrogens with zero attached hydrogens (tertiary/aromatic N) is 2. The zero-order valence-corrected chi connectivity index (χ0v) is 13.8. The first-order chi connectivity index (χ1) is 11.2. The number of allylic oxidation sites excluding steroid dienone is 1. The van der Waals surface area contributed by atoms with Crippen LogP contribution >= 0.6 is 12.4 Å². The molecule has 2 aromatic rings. The van der Waals surface area contributed by atoms with E-state index >= 15 is 0 Å². The summed E-state index contributed by atoms with van der Waals surface area (Å²) < 4.78 is 5.28. The number of hydrogen-bond donors (Lipinski definition) is 2. The second-order valence-electron chi connectivity index (χ2n) is 6.19. The van der Waals surface area contributed by atoms with Gasteiger partial charge in [-0.15, -0.1) is 12.4 Å². The van der Waals surface area contributed by atoms with Crippen LogP contribution in [-0.2, 0) is 11.3 Å². The van der Waals surface area contributed by atoms with E-state index < -0.39 is 0 Å². The molecule has 2 aliphatic carbocycles. The molecule has 1 fully saturated rings. The Labute approximate surface area is 145 Å². The maximum Gasteiger partial charge on any atom is 0.225 e. The van der Waals surface area contributed by atoms with Crippen molar-refractivity contribution < 1.29 is 9.32 Å². The minimum atomic E-state index is -0.134. The Kier molecular flexibility index (Phi) is 4.69. The Balaban J connectivity index is 0.00000169. The number of aromatic nitrogens is 2. The molecule has 0 saturated heterocycles. The average molecular weight is 347 g/mol. The van der Waals surface area contributed by atoms with Crippen LogP contribution in [0.5, 0.6) is 0 Å². The highest BCUT2D eigenvalue weighted by Crippen LogP contribution is 2.42. The Hall–Kier alpha value is -2.18. The highest BCUT2D eigenvalue weighted by atomic mass is 35.5. The van der Waals surface area contributed by atoms with Crippen LogP contribution in [-0.4, -0.2) is 22.1 Å². The summed E-state index contributed by atoms with van der Waals surface area (Å²) in [5.41, 5.74) is 7.75. The van der Waals surface area contributed by atoms with Gasteiger partial charge < -0.3 is 15.6 Å². The number of rotatable bonds is 4. The molecule has 0 spiro atoms. The second kappa shape index (κ2) is 6.75. The molecule has 2 heterocycles. The van der Waals surface area contributed by atoms with E-state index in [-0.39, 0.29) is 36.2 Å². The largest absolute Gasteiger partial charge is 0.359 e. The Morgan fingerprint density at radius 2 is 2.21 bits per heavy atom. The summed E-state index contributed by atoms with van der Waals surface area (Å²) in [6.45, 7) is 0.316. The van der Waals surface area contributed by atoms with Crippen LogP contribution in [0.1, 0.15) is 12.2 Å². The number of hydrogen-bond acceptors (Lipinski definition) is 5. The molecule has 3 N–H and O–H groups in total. The fourth-order valence-electron chi connectivity index (χ4n) is 3.57. The van der Waals surface area contributed by atoms with Gasteiger partial charge in [0.2, 0.25) is 5.91 Å². The topological polar surface area (TPSA) is 94.0 Å². The van der Waals surface area contributed by atoms with E-state index in [9.17, 15) is 4.79 Å². The average Bonchev–Trinajstić information content (AvgIpc) is 3.29. The van der Waals surface area contributed by atoms with Crippen molar-refractivity contribution in [1.29, 1.82) is 0 Å². The Morgan fingerprint density at radius 1 is 1.38 bits per heavy atom. The van der Waals surface area contributed by atoms with Gasteiger partial charge in [0, 0.05) is 30.1 Å². The normalized spacial score (nSPS) is 27.0. The van der Waals surface area contributed by atoms with Crippen molar-refractivity contribution in [2.75, 3.05) is 0 Å². The van der Waals surface area contributed by atoms with Crippen LogP contribution in [0.2, 0.25) is 0 Å². The smallest absolute Gasteiger partial charge is 0.225 e. The lowest BCUT2D eigenvalue weighted by Crippen LogP contribution is -2.43. The summed E-state index contributed by atoms with van der Waals surface area (Å²) in [4.78, 5) is 16.5. The van der Waals surface area contributed by atoms with E-state index in [0.717, 1.165) is 12.0 Å². The van der Waals surface area contributed by atoms with Gasteiger partial charge in [0.15, 0.2) is 5.76 Å². The van der Waals surface area contributed by atoms with Gasteiger partial charge in [-0.3, -0.25) is 9.78 Å². The van der Waals surface area contributed by atoms with Crippen LogP contribution in [0.25, 0.3) is 11.3 Å². The van der Waals surface area contributed by atoms with Gasteiger partial charge in [-0.2, -0.15) is 0 Å². The minimum absolute atomic E-state index is 0. The van der Waals surface area contributed by atoms with Crippen molar-refractivity contribution in [3.8, 4) is 11.3 Å². The molecule has 24 heavy (non-hydrogen) atoms. The van der Waals surface area contributed by atoms with Crippen LogP contribution in [0, 0.1) is 17.8 Å². The van der Waals surface area contributed by atoms with Gasteiger partial charge in [-0.1, -0.05) is 17.3 Å². The van der Waals surface area contributed by atoms with Crippen LogP contribution < -0.4 is 11.1 Å². The van der Waals surface area contributed by atoms with Gasteiger partial charge in [-0.05, 0) is 30.4 Å². The third-order valence-electron chi connectivity index (χ3n) is 4.78. The highest BCUT2D eigenvalue weighted by Gasteiger charge is 2.46. The van der Waals surface area contributed by atoms with E-state index in [0.29, 0.717) is 23.9 Å². The molecule has 0 aliphatic heterocycles. The number of fused-ring (bicyclic) bond motifs is 2. The molecule has 1 saturated carbocycles. The van der Waals surface area contributed by atoms with Gasteiger partial charge in [0.1, 0.15) is 5.69 Å². The fourth-order valence-corrected chi connectivity index (χ4v) is 3.57. The van der Waals surface area contributed by atoms with E-state index in [1.807, 2.05) is 18.2 Å². The molecule has 2 aliphatic rings. The Bertz CT molecular complexity index is 746. The molecule has 4 rings (SSSR count). The molecule has 7 heteroatoms. The quantitative estimate of drug-likeness (QED) is 0.825. The van der Waals surface area contributed by atoms with Gasteiger partial charge >= 0.3 is 0 Å². The van der Waals surface area contributed by atoms with E-state index in [1.165, 1.54) is 0 Å². The van der Waals surface area contributed by atoms with Gasteiger partial charge in [0.05, 0.1) is 12.5 Å². The van der Waals surface area contributed by atoms with Crippen molar-refractivity contribution in [2.24, 2.45) is 23.5 Å². The third kappa shape index (κ3) is 2.95. The minimum Gasteiger partial charge on any atom is -0.359 e. The molecule has 2 aromatic heterocycles. The maximum atomic E-state index is 12.4. The van der Waals surface area contributed by atoms with Crippen molar-refractivity contribution in [2.45, 2.75) is 19.0 Å². The van der Waals surface area contributed by atoms with Crippen LogP contribution in [0.15, 0.2) is 47.3 Å². The standard InChI is InChI=1S/C17H18N4O2.ClH/c18-16-11-4-3-10(6-11)15(16)17(22)20-9-13-7-14(21-23-13)12-2-1-5-19-8-12;/h1-5,7-8,10-11,15-16H,6,9,18H2,(H,20,22);1H/t10-,11+,15-,16+;/m1./s1. The fraction of sp³-hybridized carbons (Fsp3) is 0.353. The maximum absolute atomic E-state index is 12.4. The lowest BCUT2D eigenvalue weighted by atomic mass is 9.89. The first-order valence-corrected chi connectivity index (χ1v) is 7.80. The third-order valence-corrected chi connectivity index (χ3v) is 4.78. The van der Waals surface area contributed by atoms with Crippen molar-refractivity contribution in [3.05, 3.63) is 48.5 Å². The van der Waals surface area contributed by atoms with Gasteiger partial charge in [0.25, 0.3) is 0 Å². The summed E-state index contributed by atoms with van der Waals surface area (Å²) in [5.74, 6) is 1.10. The number of pyridine rings is 1. The number of carbonyl (C=O) groups excluding carboxylic acids is 1. The predicted octanol–water partition coefficient (Wildman–Crippen LogP) is 1.92. The molecule has 126 valence electrons. The number of nitrogens with two attached hydrogens (primary N) is 1. The van der Waals surface area contributed by atoms with E-state index in [4.69, 9.17) is 10.3 Å². The monoisotopic (exact) mass is 346 g/mol. The molecule has 0 radical (unpaired) electrons. The predicted molar refractivity (Wildman–Crippen MR) is 91.0 cm³/mol. The molecule has 0 aromatic carbocycles. The molecular weight excluding hydrogens is 328 g/mol. The summed E-state index contributed by atoms with van der Waals surface area (Å²) >= 11 is 0. The molecule has 1 amide bonds. The van der Waals surface area contributed by atoms with Crippen LogP contribution in [0.3, 0.4) is 0 Å². The first kappa shape index (κ1) is 16.7. The first-order valence-electron chi connectivity index (χ1n) is 7.80. The molecule has 4 atom stereocenters. The van der Waals surface area contributed by atoms with Crippen molar-refractivity contribution in [3.63, 3.8) is 0 Å². The summed E-state index contributed by atoms with van der Waals surface area (Å²) in [5, 5.41) is 6.93. The van der Waals surface area contributed by atoms with Gasteiger partial charge in [-0.25, -0.2) is 0 Å². The van der Waals surface area contributed by atoms with E-state index in [2.05, 4.69) is 27.6 Å².